The molecule has 0 atom stereocenters. The summed E-state index contributed by atoms with van der Waals surface area (Å²) in [5.74, 6) is 0.195. The first-order valence-electron chi connectivity index (χ1n) is 11.1. The van der Waals surface area contributed by atoms with E-state index in [1.165, 1.54) is 109 Å². The van der Waals surface area contributed by atoms with E-state index >= 15 is 0 Å². The molecule has 0 unspecified atom stereocenters. The Morgan fingerprint density at radius 1 is 0.640 bits per heavy atom. The van der Waals surface area contributed by atoms with Crippen molar-refractivity contribution in [2.75, 3.05) is 0 Å². The molecule has 0 aromatic heterocycles. The van der Waals surface area contributed by atoms with Crippen molar-refractivity contribution in [2.45, 2.75) is 122 Å². The van der Waals surface area contributed by atoms with Crippen molar-refractivity contribution in [3.63, 3.8) is 0 Å². The van der Waals surface area contributed by atoms with Gasteiger partial charge in [-0.05, 0) is 38.2 Å². The van der Waals surface area contributed by atoms with Gasteiger partial charge in [0.05, 0.1) is 0 Å². The Labute approximate surface area is 158 Å². The first-order valence-corrected chi connectivity index (χ1v) is 11.1. The Morgan fingerprint density at radius 3 is 1.48 bits per heavy atom. The first kappa shape index (κ1) is 24.1. The van der Waals surface area contributed by atoms with Crippen LogP contribution in [0.15, 0.2) is 24.8 Å². The minimum absolute atomic E-state index is 0.195. The summed E-state index contributed by atoms with van der Waals surface area (Å²) in [4.78, 5) is 11.1. The maximum Gasteiger partial charge on any atom is 0.155 e. The molecule has 0 aliphatic carbocycles. The number of hydrogen-bond acceptors (Lipinski definition) is 1. The van der Waals surface area contributed by atoms with Crippen molar-refractivity contribution in [3.8, 4) is 0 Å². The van der Waals surface area contributed by atoms with E-state index in [0.29, 0.717) is 6.42 Å². The quantitative estimate of drug-likeness (QED) is 0.123. The van der Waals surface area contributed by atoms with Crippen LogP contribution in [0, 0.1) is 0 Å². The highest BCUT2D eigenvalue weighted by Crippen LogP contribution is 2.12. The number of carbonyl (C=O) groups is 1. The highest BCUT2D eigenvalue weighted by Gasteiger charge is 1.96. The summed E-state index contributed by atoms with van der Waals surface area (Å²) in [5, 5.41) is 0. The molecule has 0 aromatic rings. The summed E-state index contributed by atoms with van der Waals surface area (Å²) < 4.78 is 0. The second kappa shape index (κ2) is 21.2. The van der Waals surface area contributed by atoms with Crippen LogP contribution >= 0.6 is 0 Å². The van der Waals surface area contributed by atoms with Crippen molar-refractivity contribution < 1.29 is 4.79 Å². The summed E-state index contributed by atoms with van der Waals surface area (Å²) in [6.07, 6.45) is 29.6. The van der Waals surface area contributed by atoms with E-state index in [0.717, 1.165) is 6.42 Å². The molecule has 0 N–H and O–H groups in total. The summed E-state index contributed by atoms with van der Waals surface area (Å²) in [6, 6.07) is 0. The second-order valence-corrected chi connectivity index (χ2v) is 7.42. The fourth-order valence-electron chi connectivity index (χ4n) is 3.18. The third kappa shape index (κ3) is 21.1. The van der Waals surface area contributed by atoms with Crippen LogP contribution in [-0.2, 0) is 4.79 Å². The average Bonchev–Trinajstić information content (AvgIpc) is 2.63. The Morgan fingerprint density at radius 2 is 1.04 bits per heavy atom. The third-order valence-corrected chi connectivity index (χ3v) is 4.91. The fourth-order valence-corrected chi connectivity index (χ4v) is 3.18. The SMILES string of the molecule is C=CC(=O)CCCCCCCCCCCC=CCCCCCCCC. The summed E-state index contributed by atoms with van der Waals surface area (Å²) in [6.45, 7) is 5.79. The molecule has 0 spiro atoms. The van der Waals surface area contributed by atoms with Gasteiger partial charge in [-0.1, -0.05) is 103 Å². The van der Waals surface area contributed by atoms with Crippen LogP contribution in [-0.4, -0.2) is 5.78 Å². The van der Waals surface area contributed by atoms with Crippen LogP contribution < -0.4 is 0 Å². The molecular formula is C24H44O. The van der Waals surface area contributed by atoms with Gasteiger partial charge in [-0.3, -0.25) is 4.79 Å². The van der Waals surface area contributed by atoms with Crippen LogP contribution in [0.2, 0.25) is 0 Å². The first-order chi connectivity index (χ1) is 12.3. The second-order valence-electron chi connectivity index (χ2n) is 7.42. The lowest BCUT2D eigenvalue weighted by atomic mass is 10.0. The molecule has 25 heavy (non-hydrogen) atoms. The molecule has 0 amide bonds. The molecule has 1 nitrogen and oxygen atoms in total. The van der Waals surface area contributed by atoms with E-state index in [1.807, 2.05) is 0 Å². The Bertz CT molecular complexity index is 316. The topological polar surface area (TPSA) is 17.1 Å². The predicted molar refractivity (Wildman–Crippen MR) is 113 cm³/mol. The lowest BCUT2D eigenvalue weighted by molar-refractivity contribution is -0.114. The van der Waals surface area contributed by atoms with Gasteiger partial charge in [0.1, 0.15) is 0 Å². The maximum atomic E-state index is 11.1. The van der Waals surface area contributed by atoms with Gasteiger partial charge < -0.3 is 0 Å². The number of ketones is 1. The zero-order chi connectivity index (χ0) is 18.4. The molecular weight excluding hydrogens is 304 g/mol. The average molecular weight is 349 g/mol. The molecule has 0 aliphatic rings. The van der Waals surface area contributed by atoms with E-state index in [2.05, 4.69) is 25.7 Å². The molecule has 1 heteroatoms. The van der Waals surface area contributed by atoms with Crippen molar-refractivity contribution in [2.24, 2.45) is 0 Å². The molecule has 0 aliphatic heterocycles. The number of hydrogen-bond donors (Lipinski definition) is 0. The molecule has 0 bridgehead atoms. The fraction of sp³-hybridized carbons (Fsp3) is 0.792. The summed E-state index contributed by atoms with van der Waals surface area (Å²) in [5.41, 5.74) is 0. The van der Waals surface area contributed by atoms with Crippen LogP contribution in [0.1, 0.15) is 122 Å². The van der Waals surface area contributed by atoms with E-state index < -0.39 is 0 Å². The number of carbonyl (C=O) groups excluding carboxylic acids is 1. The summed E-state index contributed by atoms with van der Waals surface area (Å²) >= 11 is 0. The minimum atomic E-state index is 0.195. The minimum Gasteiger partial charge on any atom is -0.295 e. The molecule has 0 saturated carbocycles. The van der Waals surface area contributed by atoms with Crippen LogP contribution in [0.5, 0.6) is 0 Å². The zero-order valence-electron chi connectivity index (χ0n) is 17.1. The predicted octanol–water partition coefficient (Wildman–Crippen LogP) is 8.34. The highest BCUT2D eigenvalue weighted by molar-refractivity contribution is 5.88. The van der Waals surface area contributed by atoms with E-state index in [9.17, 15) is 4.79 Å². The van der Waals surface area contributed by atoms with E-state index in [1.54, 1.807) is 0 Å². The molecule has 146 valence electrons. The van der Waals surface area contributed by atoms with Gasteiger partial charge in [0.25, 0.3) is 0 Å². The largest absolute Gasteiger partial charge is 0.295 e. The normalized spacial score (nSPS) is 11.2. The Kier molecular flexibility index (Phi) is 20.5. The van der Waals surface area contributed by atoms with Gasteiger partial charge >= 0.3 is 0 Å². The number of allylic oxidation sites excluding steroid dienone is 3. The van der Waals surface area contributed by atoms with E-state index in [4.69, 9.17) is 0 Å². The van der Waals surface area contributed by atoms with E-state index in [-0.39, 0.29) is 5.78 Å². The molecule has 0 rings (SSSR count). The zero-order valence-corrected chi connectivity index (χ0v) is 17.1. The Hall–Kier alpha value is -0.850. The molecule has 0 saturated heterocycles. The van der Waals surface area contributed by atoms with Crippen molar-refractivity contribution >= 4 is 5.78 Å². The highest BCUT2D eigenvalue weighted by atomic mass is 16.1. The lowest BCUT2D eigenvalue weighted by Crippen LogP contribution is -1.91. The monoisotopic (exact) mass is 348 g/mol. The third-order valence-electron chi connectivity index (χ3n) is 4.91. The molecule has 0 fully saturated rings. The van der Waals surface area contributed by atoms with Crippen LogP contribution in [0.3, 0.4) is 0 Å². The van der Waals surface area contributed by atoms with Gasteiger partial charge in [-0.2, -0.15) is 0 Å². The van der Waals surface area contributed by atoms with Crippen LogP contribution in [0.25, 0.3) is 0 Å². The van der Waals surface area contributed by atoms with Crippen LogP contribution in [0.4, 0.5) is 0 Å². The van der Waals surface area contributed by atoms with Crippen molar-refractivity contribution in [3.05, 3.63) is 24.8 Å². The molecule has 0 radical (unpaired) electrons. The standard InChI is InChI=1S/C24H44O/c1-3-5-6-7-8-9-10-11-12-13-14-15-16-17-18-19-20-21-22-23-24(25)4-2/h4,11-12H,2-3,5-10,13-23H2,1H3. The smallest absolute Gasteiger partial charge is 0.155 e. The maximum absolute atomic E-state index is 11.1. The van der Waals surface area contributed by atoms with Gasteiger partial charge in [0.15, 0.2) is 5.78 Å². The summed E-state index contributed by atoms with van der Waals surface area (Å²) in [7, 11) is 0. The van der Waals surface area contributed by atoms with Gasteiger partial charge in [-0.15, -0.1) is 0 Å². The number of rotatable bonds is 20. The molecule has 0 aromatic carbocycles. The lowest BCUT2D eigenvalue weighted by Gasteiger charge is -2.01. The molecule has 0 heterocycles. The van der Waals surface area contributed by atoms with Gasteiger partial charge in [0, 0.05) is 6.42 Å². The van der Waals surface area contributed by atoms with Gasteiger partial charge in [0.2, 0.25) is 0 Å². The van der Waals surface area contributed by atoms with Crippen molar-refractivity contribution in [1.82, 2.24) is 0 Å². The van der Waals surface area contributed by atoms with Gasteiger partial charge in [-0.25, -0.2) is 0 Å². The Balaban J connectivity index is 3.10. The van der Waals surface area contributed by atoms with Crippen molar-refractivity contribution in [1.29, 1.82) is 0 Å². The number of unbranched alkanes of at least 4 members (excludes halogenated alkanes) is 15.